The number of hydrogen-bond acceptors (Lipinski definition) is 3. The van der Waals surface area contributed by atoms with Crippen LogP contribution < -0.4 is 5.32 Å². The molecule has 1 aliphatic heterocycles. The lowest BCUT2D eigenvalue weighted by atomic mass is 10.1. The number of nitrogens with one attached hydrogen (secondary N) is 1. The number of unbranched alkanes of at least 4 members (excludes halogenated alkanes) is 4. The molecule has 0 aromatic heterocycles. The summed E-state index contributed by atoms with van der Waals surface area (Å²) in [6.45, 7) is 6.25. The molecule has 0 aliphatic carbocycles. The van der Waals surface area contributed by atoms with E-state index in [2.05, 4.69) is 23.2 Å². The average Bonchev–Trinajstić information content (AvgIpc) is 2.29. The third-order valence-electron chi connectivity index (χ3n) is 3.05. The summed E-state index contributed by atoms with van der Waals surface area (Å²) in [5.41, 5.74) is 0. The molecular weight excluding hydrogens is 186 g/mol. The Bertz CT molecular complexity index is 198. The fourth-order valence-corrected chi connectivity index (χ4v) is 2.06. The van der Waals surface area contributed by atoms with Gasteiger partial charge in [-0.2, -0.15) is 5.26 Å². The Morgan fingerprint density at radius 2 is 2.13 bits per heavy atom. The van der Waals surface area contributed by atoms with Gasteiger partial charge in [0, 0.05) is 19.6 Å². The minimum atomic E-state index is 0.102. The molecule has 1 heterocycles. The van der Waals surface area contributed by atoms with Crippen molar-refractivity contribution < 1.29 is 0 Å². The Morgan fingerprint density at radius 1 is 1.33 bits per heavy atom. The van der Waals surface area contributed by atoms with Gasteiger partial charge in [-0.1, -0.05) is 32.6 Å². The molecule has 0 aromatic carbocycles. The van der Waals surface area contributed by atoms with Crippen LogP contribution in [0.25, 0.3) is 0 Å². The minimum absolute atomic E-state index is 0.102. The van der Waals surface area contributed by atoms with Crippen LogP contribution in [-0.4, -0.2) is 37.1 Å². The molecule has 1 fully saturated rings. The first-order valence-corrected chi connectivity index (χ1v) is 6.23. The van der Waals surface area contributed by atoms with E-state index < -0.39 is 0 Å². The molecule has 3 heteroatoms. The van der Waals surface area contributed by atoms with Crippen molar-refractivity contribution in [3.8, 4) is 6.07 Å². The molecule has 86 valence electrons. The van der Waals surface area contributed by atoms with Gasteiger partial charge in [0.25, 0.3) is 0 Å². The average molecular weight is 209 g/mol. The van der Waals surface area contributed by atoms with Crippen molar-refractivity contribution >= 4 is 0 Å². The molecule has 1 unspecified atom stereocenters. The highest BCUT2D eigenvalue weighted by atomic mass is 15.2. The molecule has 0 spiro atoms. The van der Waals surface area contributed by atoms with Crippen LogP contribution >= 0.6 is 0 Å². The summed E-state index contributed by atoms with van der Waals surface area (Å²) < 4.78 is 0. The molecule has 0 radical (unpaired) electrons. The van der Waals surface area contributed by atoms with Crippen molar-refractivity contribution in [2.45, 2.75) is 45.1 Å². The second kappa shape index (κ2) is 7.67. The van der Waals surface area contributed by atoms with Crippen LogP contribution in [0.4, 0.5) is 0 Å². The summed E-state index contributed by atoms with van der Waals surface area (Å²) in [6, 6.07) is 2.47. The Labute approximate surface area is 93.5 Å². The molecule has 1 rings (SSSR count). The van der Waals surface area contributed by atoms with Gasteiger partial charge in [-0.25, -0.2) is 0 Å². The first-order chi connectivity index (χ1) is 7.38. The predicted molar refractivity (Wildman–Crippen MR) is 62.6 cm³/mol. The summed E-state index contributed by atoms with van der Waals surface area (Å²) >= 11 is 0. The zero-order valence-corrected chi connectivity index (χ0v) is 9.84. The molecule has 15 heavy (non-hydrogen) atoms. The van der Waals surface area contributed by atoms with E-state index >= 15 is 0 Å². The summed E-state index contributed by atoms with van der Waals surface area (Å²) in [4.78, 5) is 2.32. The maximum Gasteiger partial charge on any atom is 0.110 e. The molecule has 0 saturated carbocycles. The largest absolute Gasteiger partial charge is 0.313 e. The third-order valence-corrected chi connectivity index (χ3v) is 3.05. The topological polar surface area (TPSA) is 39.1 Å². The van der Waals surface area contributed by atoms with Gasteiger partial charge in [0.15, 0.2) is 0 Å². The maximum atomic E-state index is 8.97. The van der Waals surface area contributed by atoms with Gasteiger partial charge in [0.1, 0.15) is 6.04 Å². The lowest BCUT2D eigenvalue weighted by Gasteiger charge is -2.31. The molecule has 0 bridgehead atoms. The van der Waals surface area contributed by atoms with Crippen molar-refractivity contribution in [2.75, 3.05) is 26.2 Å². The van der Waals surface area contributed by atoms with Crippen LogP contribution in [-0.2, 0) is 0 Å². The van der Waals surface area contributed by atoms with Crippen LogP contribution in [0.2, 0.25) is 0 Å². The lowest BCUT2D eigenvalue weighted by molar-refractivity contribution is 0.193. The van der Waals surface area contributed by atoms with Crippen LogP contribution in [0.5, 0.6) is 0 Å². The molecule has 0 amide bonds. The van der Waals surface area contributed by atoms with E-state index in [1.807, 2.05) is 0 Å². The van der Waals surface area contributed by atoms with Gasteiger partial charge in [-0.15, -0.1) is 0 Å². The second-order valence-corrected chi connectivity index (χ2v) is 4.30. The first-order valence-electron chi connectivity index (χ1n) is 6.23. The van der Waals surface area contributed by atoms with E-state index in [0.29, 0.717) is 0 Å². The molecule has 1 saturated heterocycles. The quantitative estimate of drug-likeness (QED) is 0.677. The number of nitrogens with zero attached hydrogens (tertiary/aromatic N) is 2. The zero-order chi connectivity index (χ0) is 10.9. The van der Waals surface area contributed by atoms with Crippen molar-refractivity contribution in [3.05, 3.63) is 0 Å². The van der Waals surface area contributed by atoms with Gasteiger partial charge in [-0.05, 0) is 13.0 Å². The molecule has 1 atom stereocenters. The van der Waals surface area contributed by atoms with E-state index in [9.17, 15) is 0 Å². The number of nitriles is 1. The zero-order valence-electron chi connectivity index (χ0n) is 9.84. The fraction of sp³-hybridized carbons (Fsp3) is 0.917. The van der Waals surface area contributed by atoms with Crippen LogP contribution in [0.15, 0.2) is 0 Å². The monoisotopic (exact) mass is 209 g/mol. The smallest absolute Gasteiger partial charge is 0.110 e. The molecule has 3 nitrogen and oxygen atoms in total. The van der Waals surface area contributed by atoms with Gasteiger partial charge < -0.3 is 5.32 Å². The van der Waals surface area contributed by atoms with Crippen LogP contribution in [0, 0.1) is 11.3 Å². The molecule has 0 aromatic rings. The minimum Gasteiger partial charge on any atom is -0.313 e. The highest BCUT2D eigenvalue weighted by Crippen LogP contribution is 2.07. The number of piperazine rings is 1. The van der Waals surface area contributed by atoms with Gasteiger partial charge in [0.05, 0.1) is 6.07 Å². The predicted octanol–water partition coefficient (Wildman–Crippen LogP) is 1.75. The van der Waals surface area contributed by atoms with Crippen molar-refractivity contribution in [3.63, 3.8) is 0 Å². The Morgan fingerprint density at radius 3 is 2.87 bits per heavy atom. The molecule has 1 aliphatic rings. The summed E-state index contributed by atoms with van der Waals surface area (Å²) in [6.07, 6.45) is 6.56. The maximum absolute atomic E-state index is 8.97. The van der Waals surface area contributed by atoms with Gasteiger partial charge >= 0.3 is 0 Å². The van der Waals surface area contributed by atoms with E-state index in [1.54, 1.807) is 0 Å². The van der Waals surface area contributed by atoms with E-state index in [4.69, 9.17) is 5.26 Å². The standard InChI is InChI=1S/C12H23N3/c1-2-3-4-5-6-8-15-9-7-14-11-12(15)10-13/h12,14H,2-9,11H2,1H3. The fourth-order valence-electron chi connectivity index (χ4n) is 2.06. The summed E-state index contributed by atoms with van der Waals surface area (Å²) in [7, 11) is 0. The number of hydrogen-bond donors (Lipinski definition) is 1. The van der Waals surface area contributed by atoms with Crippen molar-refractivity contribution in [1.82, 2.24) is 10.2 Å². The lowest BCUT2D eigenvalue weighted by Crippen LogP contribution is -2.50. The van der Waals surface area contributed by atoms with E-state index in [0.717, 1.165) is 26.2 Å². The first kappa shape index (κ1) is 12.5. The molecular formula is C12H23N3. The highest BCUT2D eigenvalue weighted by molar-refractivity contribution is 4.95. The van der Waals surface area contributed by atoms with Gasteiger partial charge in [-0.3, -0.25) is 4.90 Å². The third kappa shape index (κ3) is 4.63. The Kier molecular flexibility index (Phi) is 6.38. The molecule has 1 N–H and O–H groups in total. The van der Waals surface area contributed by atoms with E-state index in [1.165, 1.54) is 32.1 Å². The summed E-state index contributed by atoms with van der Waals surface area (Å²) in [5.74, 6) is 0. The SMILES string of the molecule is CCCCCCCN1CCNCC1C#N. The van der Waals surface area contributed by atoms with Gasteiger partial charge in [0.2, 0.25) is 0 Å². The van der Waals surface area contributed by atoms with Crippen LogP contribution in [0.3, 0.4) is 0 Å². The Balaban J connectivity index is 2.10. The highest BCUT2D eigenvalue weighted by Gasteiger charge is 2.20. The van der Waals surface area contributed by atoms with Crippen molar-refractivity contribution in [1.29, 1.82) is 5.26 Å². The second-order valence-electron chi connectivity index (χ2n) is 4.30. The van der Waals surface area contributed by atoms with E-state index in [-0.39, 0.29) is 6.04 Å². The number of rotatable bonds is 6. The van der Waals surface area contributed by atoms with Crippen LogP contribution in [0.1, 0.15) is 39.0 Å². The van der Waals surface area contributed by atoms with Crippen molar-refractivity contribution in [2.24, 2.45) is 0 Å². The summed E-state index contributed by atoms with van der Waals surface area (Å²) in [5, 5.41) is 12.2. The normalized spacial score (nSPS) is 22.5. The Hall–Kier alpha value is -0.590.